The monoisotopic (exact) mass is 428 g/mol. The summed E-state index contributed by atoms with van der Waals surface area (Å²) in [6.45, 7) is 2.52. The Morgan fingerprint density at radius 3 is 2.70 bits per heavy atom. The van der Waals surface area contributed by atoms with Crippen LogP contribution < -0.4 is 10.4 Å². The molecular weight excluding hydrogens is 407 g/mol. The molecule has 1 atom stereocenters. The molecule has 4 rings (SSSR count). The molecule has 0 bridgehead atoms. The van der Waals surface area contributed by atoms with Crippen LogP contribution in [0, 0.1) is 5.82 Å². The molecule has 3 aromatic rings. The van der Waals surface area contributed by atoms with Crippen molar-refractivity contribution in [1.82, 2.24) is 14.7 Å². The van der Waals surface area contributed by atoms with E-state index in [0.717, 1.165) is 23.2 Å². The molecular formula is C21H21FN4O3S. The number of halogens is 1. The van der Waals surface area contributed by atoms with Crippen LogP contribution in [0.2, 0.25) is 0 Å². The molecule has 9 heteroatoms. The van der Waals surface area contributed by atoms with Gasteiger partial charge in [-0.2, -0.15) is 4.28 Å². The van der Waals surface area contributed by atoms with Gasteiger partial charge in [-0.3, -0.25) is 9.20 Å². The molecule has 156 valence electrons. The lowest BCUT2D eigenvalue weighted by Gasteiger charge is -2.22. The third-order valence-corrected chi connectivity index (χ3v) is 5.36. The van der Waals surface area contributed by atoms with E-state index in [-0.39, 0.29) is 11.7 Å². The predicted octanol–water partition coefficient (Wildman–Crippen LogP) is 3.34. The number of hydrogen-bond donors (Lipinski definition) is 1. The number of nitrogens with zero attached hydrogens (tertiary/aromatic N) is 3. The van der Waals surface area contributed by atoms with E-state index in [1.807, 2.05) is 19.2 Å². The second-order valence-corrected chi connectivity index (χ2v) is 7.90. The van der Waals surface area contributed by atoms with Gasteiger partial charge in [0.05, 0.1) is 12.2 Å². The SMILES string of the molecule is CNC(=O)c1c(-c2ccc(F)cc2)nc2cc3c(cn12)C(C)=CCCN3OS(C)=O. The number of hydrogen-bond acceptors (Lipinski definition) is 5. The molecule has 0 saturated carbocycles. The maximum absolute atomic E-state index is 13.4. The predicted molar refractivity (Wildman–Crippen MR) is 115 cm³/mol. The molecule has 1 aliphatic heterocycles. The average Bonchev–Trinajstić information content (AvgIpc) is 3.02. The van der Waals surface area contributed by atoms with Gasteiger partial charge in [0.1, 0.15) is 22.9 Å². The molecule has 1 amide bonds. The van der Waals surface area contributed by atoms with E-state index < -0.39 is 11.1 Å². The Morgan fingerprint density at radius 2 is 2.03 bits per heavy atom. The quantitative estimate of drug-likeness (QED) is 0.690. The Hall–Kier alpha value is -3.04. The largest absolute Gasteiger partial charge is 0.354 e. The third kappa shape index (κ3) is 3.61. The highest BCUT2D eigenvalue weighted by molar-refractivity contribution is 7.79. The Bertz CT molecular complexity index is 1190. The smallest absolute Gasteiger partial charge is 0.270 e. The van der Waals surface area contributed by atoms with Gasteiger partial charge in [0.25, 0.3) is 5.91 Å². The second-order valence-electron chi connectivity index (χ2n) is 6.95. The molecule has 0 radical (unpaired) electrons. The number of amides is 1. The van der Waals surface area contributed by atoms with E-state index >= 15 is 0 Å². The fourth-order valence-corrected chi connectivity index (χ4v) is 3.97. The van der Waals surface area contributed by atoms with Crippen molar-refractivity contribution in [3.63, 3.8) is 0 Å². The summed E-state index contributed by atoms with van der Waals surface area (Å²) in [6, 6.07) is 7.66. The van der Waals surface area contributed by atoms with Gasteiger partial charge in [0.2, 0.25) is 0 Å². The van der Waals surface area contributed by atoms with Gasteiger partial charge in [-0.15, -0.1) is 0 Å². The van der Waals surface area contributed by atoms with Crippen LogP contribution >= 0.6 is 0 Å². The van der Waals surface area contributed by atoms with Crippen LogP contribution in [-0.4, -0.2) is 39.3 Å². The summed E-state index contributed by atoms with van der Waals surface area (Å²) >= 11 is -1.49. The maximum atomic E-state index is 13.4. The number of aromatic nitrogens is 2. The summed E-state index contributed by atoms with van der Waals surface area (Å²) in [5.74, 6) is -0.670. The number of anilines is 1. The number of imidazole rings is 1. The number of benzene rings is 1. The number of nitrogens with one attached hydrogen (secondary N) is 1. The average molecular weight is 428 g/mol. The van der Waals surface area contributed by atoms with Crippen molar-refractivity contribution in [1.29, 1.82) is 0 Å². The zero-order valence-corrected chi connectivity index (χ0v) is 17.6. The standard InChI is InChI=1S/C21H21FN4O3S/c1-13-5-4-10-26(29-30(3)28)17-11-18-24-19(14-6-8-15(22)9-7-14)20(21(27)23-2)25(18)12-16(13)17/h5-9,11-12H,4,10H2,1-3H3,(H,23,27). The van der Waals surface area contributed by atoms with E-state index in [4.69, 9.17) is 4.28 Å². The summed E-state index contributed by atoms with van der Waals surface area (Å²) < 4.78 is 32.3. The minimum atomic E-state index is -1.49. The molecule has 1 N–H and O–H groups in total. The number of fused-ring (bicyclic) bond motifs is 2. The lowest BCUT2D eigenvalue weighted by atomic mass is 10.1. The normalized spacial score (nSPS) is 14.8. The second kappa shape index (κ2) is 8.00. The van der Waals surface area contributed by atoms with Crippen LogP contribution in [0.4, 0.5) is 10.1 Å². The molecule has 0 saturated heterocycles. The summed E-state index contributed by atoms with van der Waals surface area (Å²) in [4.78, 5) is 17.4. The molecule has 1 aliphatic rings. The Morgan fingerprint density at radius 1 is 1.30 bits per heavy atom. The van der Waals surface area contributed by atoms with Gasteiger partial charge in [0.15, 0.2) is 11.1 Å². The van der Waals surface area contributed by atoms with Crippen molar-refractivity contribution < 1.29 is 17.7 Å². The van der Waals surface area contributed by atoms with Crippen LogP contribution in [0.5, 0.6) is 0 Å². The van der Waals surface area contributed by atoms with E-state index in [1.54, 1.807) is 28.6 Å². The first-order chi connectivity index (χ1) is 14.4. The van der Waals surface area contributed by atoms with Gasteiger partial charge in [-0.05, 0) is 43.2 Å². The van der Waals surface area contributed by atoms with Crippen molar-refractivity contribution in [2.45, 2.75) is 13.3 Å². The number of carbonyl (C=O) groups is 1. The van der Waals surface area contributed by atoms with E-state index in [0.29, 0.717) is 29.1 Å². The summed E-state index contributed by atoms with van der Waals surface area (Å²) in [5.41, 5.74) is 4.54. The highest BCUT2D eigenvalue weighted by atomic mass is 32.2. The Balaban J connectivity index is 1.99. The van der Waals surface area contributed by atoms with Crippen molar-refractivity contribution in [3.8, 4) is 11.3 Å². The summed E-state index contributed by atoms with van der Waals surface area (Å²) in [5, 5.41) is 4.26. The molecule has 30 heavy (non-hydrogen) atoms. The van der Waals surface area contributed by atoms with Crippen molar-refractivity contribution in [2.75, 3.05) is 24.9 Å². The van der Waals surface area contributed by atoms with Crippen LogP contribution in [0.3, 0.4) is 0 Å². The number of hydroxylamine groups is 1. The fraction of sp³-hybridized carbons (Fsp3) is 0.238. The fourth-order valence-electron chi connectivity index (χ4n) is 3.57. The summed E-state index contributed by atoms with van der Waals surface area (Å²) in [7, 11) is 1.55. The zero-order chi connectivity index (χ0) is 21.4. The lowest BCUT2D eigenvalue weighted by molar-refractivity contribution is 0.0958. The highest BCUT2D eigenvalue weighted by Crippen LogP contribution is 2.34. The van der Waals surface area contributed by atoms with Crippen LogP contribution in [-0.2, 0) is 15.4 Å². The van der Waals surface area contributed by atoms with Crippen molar-refractivity contribution in [2.24, 2.45) is 0 Å². The molecule has 7 nitrogen and oxygen atoms in total. The van der Waals surface area contributed by atoms with Gasteiger partial charge >= 0.3 is 0 Å². The number of rotatable bonds is 4. The van der Waals surface area contributed by atoms with Crippen LogP contribution in [0.1, 0.15) is 29.4 Å². The Kier molecular flexibility index (Phi) is 5.40. The van der Waals surface area contributed by atoms with Gasteiger partial charge < -0.3 is 5.32 Å². The molecule has 0 aliphatic carbocycles. The van der Waals surface area contributed by atoms with Gasteiger partial charge in [0, 0.05) is 36.7 Å². The molecule has 0 spiro atoms. The van der Waals surface area contributed by atoms with E-state index in [2.05, 4.69) is 16.4 Å². The number of carbonyl (C=O) groups excluding carboxylic acids is 1. The highest BCUT2D eigenvalue weighted by Gasteiger charge is 2.24. The first kappa shape index (κ1) is 20.2. The minimum Gasteiger partial charge on any atom is -0.354 e. The van der Waals surface area contributed by atoms with Crippen LogP contribution in [0.25, 0.3) is 22.5 Å². The van der Waals surface area contributed by atoms with E-state index in [1.165, 1.54) is 18.4 Å². The first-order valence-corrected chi connectivity index (χ1v) is 10.9. The first-order valence-electron chi connectivity index (χ1n) is 9.39. The zero-order valence-electron chi connectivity index (χ0n) is 16.8. The summed E-state index contributed by atoms with van der Waals surface area (Å²) in [6.07, 6.45) is 6.10. The van der Waals surface area contributed by atoms with E-state index in [9.17, 15) is 13.4 Å². The number of allylic oxidation sites excluding steroid dienone is 1. The Labute approximate surface area is 175 Å². The topological polar surface area (TPSA) is 75.9 Å². The maximum Gasteiger partial charge on any atom is 0.270 e. The van der Waals surface area contributed by atoms with Crippen molar-refractivity contribution in [3.05, 3.63) is 59.7 Å². The van der Waals surface area contributed by atoms with Crippen LogP contribution in [0.15, 0.2) is 42.6 Å². The molecule has 3 heterocycles. The molecule has 2 aromatic heterocycles. The van der Waals surface area contributed by atoms with Gasteiger partial charge in [-0.1, -0.05) is 6.08 Å². The lowest BCUT2D eigenvalue weighted by Crippen LogP contribution is -2.26. The molecule has 1 unspecified atom stereocenters. The van der Waals surface area contributed by atoms with Gasteiger partial charge in [-0.25, -0.2) is 18.6 Å². The number of pyridine rings is 1. The van der Waals surface area contributed by atoms with Crippen molar-refractivity contribution >= 4 is 33.9 Å². The third-order valence-electron chi connectivity index (χ3n) is 4.97. The molecule has 1 aromatic carbocycles. The molecule has 0 fully saturated rings. The minimum absolute atomic E-state index is 0.306.